The van der Waals surface area contributed by atoms with Crippen LogP contribution in [-0.2, 0) is 40.2 Å². The zero-order valence-corrected chi connectivity index (χ0v) is 30.7. The number of aromatic nitrogens is 2. The molecule has 0 spiro atoms. The first kappa shape index (κ1) is 33.1. The van der Waals surface area contributed by atoms with E-state index in [0.29, 0.717) is 0 Å². The van der Waals surface area contributed by atoms with Crippen molar-refractivity contribution in [2.75, 3.05) is 0 Å². The van der Waals surface area contributed by atoms with Crippen molar-refractivity contribution >= 4 is 43.1 Å². The molecule has 0 fully saturated rings. The number of fused-ring (bicyclic) bond motifs is 4. The van der Waals surface area contributed by atoms with Gasteiger partial charge in [0.05, 0.1) is 11.4 Å². The fourth-order valence-corrected chi connectivity index (χ4v) is 6.51. The number of benzene rings is 7. The first-order valence-corrected chi connectivity index (χ1v) is 15.6. The molecule has 0 aliphatic rings. The third kappa shape index (κ3) is 6.37. The van der Waals surface area contributed by atoms with Gasteiger partial charge in [-0.2, -0.15) is 0 Å². The monoisotopic (exact) mass is 972 g/mol. The molecule has 0 aliphatic heterocycles. The number of pyridine rings is 2. The summed E-state index contributed by atoms with van der Waals surface area (Å²) in [5.74, 6) is 0. The smallest absolute Gasteiger partial charge is 0.0786 e. The number of hydrogen-bond acceptors (Lipinski definition) is 2. The molecule has 0 aliphatic carbocycles. The second-order valence-electron chi connectivity index (χ2n) is 11.4. The third-order valence-corrected chi connectivity index (χ3v) is 8.66. The van der Waals surface area contributed by atoms with Crippen molar-refractivity contribution in [2.24, 2.45) is 0 Å². The van der Waals surface area contributed by atoms with Crippen LogP contribution < -0.4 is 0 Å². The van der Waals surface area contributed by atoms with Gasteiger partial charge in [-0.15, -0.1) is 0 Å². The zero-order chi connectivity index (χ0) is 30.7. The number of hydrogen-bond donors (Lipinski definition) is 0. The van der Waals surface area contributed by atoms with Gasteiger partial charge in [0.2, 0.25) is 0 Å². The van der Waals surface area contributed by atoms with E-state index in [4.69, 9.17) is 0 Å². The maximum absolute atomic E-state index is 4.63. The Morgan fingerprint density at radius 1 is 0.271 bits per heavy atom. The van der Waals surface area contributed by atoms with Crippen LogP contribution in [0.25, 0.3) is 76.7 Å². The zero-order valence-electron chi connectivity index (χ0n) is 25.9. The Morgan fingerprint density at radius 3 is 1.38 bits per heavy atom. The van der Waals surface area contributed by atoms with Gasteiger partial charge >= 0.3 is 0 Å². The van der Waals surface area contributed by atoms with Crippen molar-refractivity contribution in [2.45, 2.75) is 0 Å². The summed E-state index contributed by atoms with van der Waals surface area (Å²) >= 11 is 0. The molecule has 0 saturated heterocycles. The molecule has 2 heterocycles. The molecule has 0 N–H and O–H groups in total. The van der Waals surface area contributed by atoms with E-state index in [0.717, 1.165) is 11.4 Å². The molecular weight excluding hydrogens is 941 g/mol. The fraction of sp³-hybridized carbons (Fsp3) is 0. The maximum Gasteiger partial charge on any atom is 0.0786 e. The molecule has 234 valence electrons. The van der Waals surface area contributed by atoms with Crippen molar-refractivity contribution in [1.29, 1.82) is 0 Å². The normalized spacial score (nSPS) is 10.6. The van der Waals surface area contributed by atoms with Gasteiger partial charge < -0.3 is 0 Å². The Labute approximate surface area is 307 Å². The number of nitrogens with zero attached hydrogens (tertiary/aromatic N) is 2. The first-order chi connectivity index (χ1) is 22.8. The number of rotatable bonds is 3. The van der Waals surface area contributed by atoms with E-state index in [1.54, 1.807) is 0 Å². The average molecular weight is 971 g/mol. The van der Waals surface area contributed by atoms with Crippen molar-refractivity contribution in [3.8, 4) is 33.6 Å². The van der Waals surface area contributed by atoms with Gasteiger partial charge in [0.1, 0.15) is 0 Å². The molecule has 0 unspecified atom stereocenters. The Morgan fingerprint density at radius 2 is 0.729 bits per heavy atom. The van der Waals surface area contributed by atoms with Crippen molar-refractivity contribution in [3.05, 3.63) is 182 Å². The minimum Gasteiger partial charge on any atom is -0.256 e. The summed E-state index contributed by atoms with van der Waals surface area (Å²) in [6, 6.07) is 59.5. The Kier molecular flexibility index (Phi) is 10.3. The molecule has 48 heavy (non-hydrogen) atoms. The molecule has 0 saturated carbocycles. The standard InChI is InChI=1S/C25H17N.C19H13N.2Ir/c1-2-10-19-18(8-1)9-7-13-20(19)23-15-16-24(25-14-5-6-17-26-25)22-12-4-3-11-21(22)23;1-3-9-16-14(6-1)8-5-11-18(16)19-17-10-4-2-7-15(17)12-13-20-19;;/h1-17H;1-13H;;. The molecule has 9 rings (SSSR count). The summed E-state index contributed by atoms with van der Waals surface area (Å²) in [4.78, 5) is 9.18. The summed E-state index contributed by atoms with van der Waals surface area (Å²) in [7, 11) is 0. The third-order valence-electron chi connectivity index (χ3n) is 8.66. The van der Waals surface area contributed by atoms with E-state index in [9.17, 15) is 0 Å². The van der Waals surface area contributed by atoms with E-state index in [-0.39, 0.29) is 40.2 Å². The first-order valence-electron chi connectivity index (χ1n) is 15.6. The molecule has 2 radical (unpaired) electrons. The molecule has 0 amide bonds. The van der Waals surface area contributed by atoms with Gasteiger partial charge in [-0.05, 0) is 67.0 Å². The Bertz CT molecular complexity index is 2400. The van der Waals surface area contributed by atoms with Crippen LogP contribution in [0, 0.1) is 0 Å². The largest absolute Gasteiger partial charge is 0.256 e. The van der Waals surface area contributed by atoms with Gasteiger partial charge in [-0.1, -0.05) is 152 Å². The minimum atomic E-state index is 0. The summed E-state index contributed by atoms with van der Waals surface area (Å²) in [6.45, 7) is 0. The van der Waals surface area contributed by atoms with Crippen molar-refractivity contribution in [1.82, 2.24) is 9.97 Å². The maximum atomic E-state index is 4.63. The minimum absolute atomic E-state index is 0. The average Bonchev–Trinajstić information content (AvgIpc) is 3.14. The van der Waals surface area contributed by atoms with Crippen LogP contribution in [-0.4, -0.2) is 9.97 Å². The SMILES string of the molecule is [Ir].[Ir].c1ccc(-c2ccc(-c3cccc4ccccc34)c3ccccc23)nc1.c1ccc2c(-c3nccc4ccccc34)cccc2c1. The van der Waals surface area contributed by atoms with E-state index in [2.05, 4.69) is 168 Å². The Balaban J connectivity index is 0.000000165. The molecule has 2 nitrogen and oxygen atoms in total. The summed E-state index contributed by atoms with van der Waals surface area (Å²) in [6.07, 6.45) is 3.74. The predicted octanol–water partition coefficient (Wildman–Crippen LogP) is 11.8. The molecule has 0 atom stereocenters. The van der Waals surface area contributed by atoms with Crippen LogP contribution in [0.1, 0.15) is 0 Å². The van der Waals surface area contributed by atoms with Crippen LogP contribution in [0.5, 0.6) is 0 Å². The summed E-state index contributed by atoms with van der Waals surface area (Å²) < 4.78 is 0. The van der Waals surface area contributed by atoms with Gasteiger partial charge in [-0.25, -0.2) is 0 Å². The van der Waals surface area contributed by atoms with E-state index < -0.39 is 0 Å². The van der Waals surface area contributed by atoms with Crippen LogP contribution in [0.15, 0.2) is 182 Å². The quantitative estimate of drug-likeness (QED) is 0.176. The van der Waals surface area contributed by atoms with Gasteiger partial charge in [0.25, 0.3) is 0 Å². The second kappa shape index (κ2) is 14.9. The topological polar surface area (TPSA) is 25.8 Å². The van der Waals surface area contributed by atoms with Crippen LogP contribution >= 0.6 is 0 Å². The van der Waals surface area contributed by atoms with E-state index in [1.165, 1.54) is 65.3 Å². The van der Waals surface area contributed by atoms with Crippen molar-refractivity contribution < 1.29 is 40.2 Å². The molecule has 2 aromatic heterocycles. The van der Waals surface area contributed by atoms with Crippen LogP contribution in [0.2, 0.25) is 0 Å². The molecular formula is C44H30Ir2N2. The van der Waals surface area contributed by atoms with E-state index >= 15 is 0 Å². The van der Waals surface area contributed by atoms with E-state index in [1.807, 2.05) is 24.5 Å². The second-order valence-corrected chi connectivity index (χ2v) is 11.4. The summed E-state index contributed by atoms with van der Waals surface area (Å²) in [5, 5.41) is 9.97. The van der Waals surface area contributed by atoms with Gasteiger partial charge in [0, 0.05) is 69.1 Å². The van der Waals surface area contributed by atoms with Gasteiger partial charge in [-0.3, -0.25) is 9.97 Å². The molecule has 9 aromatic rings. The summed E-state index contributed by atoms with van der Waals surface area (Å²) in [5.41, 5.74) is 6.96. The van der Waals surface area contributed by atoms with Crippen molar-refractivity contribution in [3.63, 3.8) is 0 Å². The predicted molar refractivity (Wildman–Crippen MR) is 195 cm³/mol. The fourth-order valence-electron chi connectivity index (χ4n) is 6.51. The molecule has 7 aromatic carbocycles. The van der Waals surface area contributed by atoms with Gasteiger partial charge in [0.15, 0.2) is 0 Å². The molecule has 4 heteroatoms. The Hall–Kier alpha value is -4.82. The van der Waals surface area contributed by atoms with Crippen LogP contribution in [0.3, 0.4) is 0 Å². The van der Waals surface area contributed by atoms with Crippen LogP contribution in [0.4, 0.5) is 0 Å². The molecule has 0 bridgehead atoms.